The van der Waals surface area contributed by atoms with Gasteiger partial charge in [-0.3, -0.25) is 0 Å². The highest BCUT2D eigenvalue weighted by atomic mass is 32.2. The largest absolute Gasteiger partial charge is 0.497 e. The lowest BCUT2D eigenvalue weighted by atomic mass is 10.1. The zero-order valence-electron chi connectivity index (χ0n) is 18.9. The van der Waals surface area contributed by atoms with E-state index in [2.05, 4.69) is 10.3 Å². The number of hydrogen-bond acceptors (Lipinski definition) is 7. The zero-order valence-corrected chi connectivity index (χ0v) is 19.7. The van der Waals surface area contributed by atoms with Crippen LogP contribution >= 0.6 is 11.8 Å². The van der Waals surface area contributed by atoms with Crippen molar-refractivity contribution in [1.82, 2.24) is 10.3 Å². The summed E-state index contributed by atoms with van der Waals surface area (Å²) in [5.41, 5.74) is 2.08. The van der Waals surface area contributed by atoms with Crippen LogP contribution in [-0.2, 0) is 4.74 Å². The number of aromatic nitrogens is 1. The molecular formula is C24H28N2O5S. The van der Waals surface area contributed by atoms with Gasteiger partial charge in [0.15, 0.2) is 5.76 Å². The first-order chi connectivity index (χ1) is 15.3. The van der Waals surface area contributed by atoms with E-state index in [0.29, 0.717) is 29.9 Å². The van der Waals surface area contributed by atoms with E-state index in [-0.39, 0.29) is 0 Å². The molecule has 0 radical (unpaired) electrons. The van der Waals surface area contributed by atoms with Gasteiger partial charge in [-0.15, -0.1) is 0 Å². The van der Waals surface area contributed by atoms with Crippen LogP contribution in [0.4, 0.5) is 4.79 Å². The number of alkyl carbamates (subject to hydrolysis) is 1. The summed E-state index contributed by atoms with van der Waals surface area (Å²) < 4.78 is 22.1. The van der Waals surface area contributed by atoms with Gasteiger partial charge >= 0.3 is 6.09 Å². The fourth-order valence-electron chi connectivity index (χ4n) is 2.87. The number of methoxy groups -OCH3 is 1. The van der Waals surface area contributed by atoms with Crippen molar-refractivity contribution >= 4 is 17.9 Å². The van der Waals surface area contributed by atoms with Gasteiger partial charge in [0.05, 0.1) is 13.7 Å². The first kappa shape index (κ1) is 23.5. The lowest BCUT2D eigenvalue weighted by molar-refractivity contribution is 0.0520. The maximum atomic E-state index is 11.7. The zero-order chi connectivity index (χ0) is 23.1. The second-order valence-corrected chi connectivity index (χ2v) is 8.65. The van der Waals surface area contributed by atoms with Gasteiger partial charge in [-0.05, 0) is 75.6 Å². The molecule has 3 aromatic rings. The molecule has 0 aliphatic heterocycles. The molecule has 3 rings (SSSR count). The lowest BCUT2D eigenvalue weighted by Crippen LogP contribution is -2.34. The number of oxazole rings is 1. The number of rotatable bonds is 8. The van der Waals surface area contributed by atoms with Gasteiger partial charge in [-0.25, -0.2) is 9.78 Å². The molecule has 0 aliphatic rings. The minimum absolute atomic E-state index is 0.328. The highest BCUT2D eigenvalue weighted by Gasteiger charge is 2.17. The second kappa shape index (κ2) is 10.5. The van der Waals surface area contributed by atoms with Gasteiger partial charge in [0.1, 0.15) is 29.4 Å². The van der Waals surface area contributed by atoms with Crippen molar-refractivity contribution in [3.05, 3.63) is 48.5 Å². The minimum Gasteiger partial charge on any atom is -0.497 e. The third kappa shape index (κ3) is 6.43. The van der Waals surface area contributed by atoms with Crippen LogP contribution in [0.3, 0.4) is 0 Å². The molecule has 1 heterocycles. The molecule has 1 N–H and O–H groups in total. The van der Waals surface area contributed by atoms with Crippen LogP contribution in [0.1, 0.15) is 20.8 Å². The third-order valence-electron chi connectivity index (χ3n) is 4.30. The predicted molar refractivity (Wildman–Crippen MR) is 125 cm³/mol. The smallest absolute Gasteiger partial charge is 0.407 e. The molecule has 8 heteroatoms. The molecule has 0 bridgehead atoms. The van der Waals surface area contributed by atoms with E-state index in [1.54, 1.807) is 7.11 Å². The Morgan fingerprint density at radius 3 is 2.25 bits per heavy atom. The van der Waals surface area contributed by atoms with Crippen molar-refractivity contribution in [2.75, 3.05) is 26.5 Å². The van der Waals surface area contributed by atoms with Crippen molar-refractivity contribution in [3.63, 3.8) is 0 Å². The predicted octanol–water partition coefficient (Wildman–Crippen LogP) is 5.64. The van der Waals surface area contributed by atoms with Crippen LogP contribution in [-0.4, -0.2) is 43.2 Å². The first-order valence-corrected chi connectivity index (χ1v) is 11.4. The van der Waals surface area contributed by atoms with Crippen molar-refractivity contribution in [3.8, 4) is 34.1 Å². The Morgan fingerprint density at radius 2 is 1.66 bits per heavy atom. The monoisotopic (exact) mass is 456 g/mol. The standard InChI is InChI=1S/C24H28N2O5S/c1-24(2,3)31-22(27)25-14-15-29-19-12-8-17(9-13-19)21-20(26-23(30-21)32-5)16-6-10-18(28-4)11-7-16/h6-13H,14-15H2,1-5H3,(H,25,27). The maximum Gasteiger partial charge on any atom is 0.407 e. The summed E-state index contributed by atoms with van der Waals surface area (Å²) in [6.45, 7) is 6.14. The van der Waals surface area contributed by atoms with Crippen LogP contribution < -0.4 is 14.8 Å². The fourth-order valence-corrected chi connectivity index (χ4v) is 3.22. The summed E-state index contributed by atoms with van der Waals surface area (Å²) in [4.78, 5) is 16.3. The van der Waals surface area contributed by atoms with E-state index in [1.807, 2.05) is 75.6 Å². The van der Waals surface area contributed by atoms with Gasteiger partial charge in [-0.2, -0.15) is 0 Å². The van der Waals surface area contributed by atoms with E-state index in [1.165, 1.54) is 11.8 Å². The number of ether oxygens (including phenoxy) is 3. The quantitative estimate of drug-likeness (QED) is 0.347. The Balaban J connectivity index is 1.65. The molecule has 1 aromatic heterocycles. The number of carbonyl (C=O) groups excluding carboxylic acids is 1. The fraction of sp³-hybridized carbons (Fsp3) is 0.333. The van der Waals surface area contributed by atoms with Crippen molar-refractivity contribution < 1.29 is 23.4 Å². The molecule has 0 unspecified atom stereocenters. The third-order valence-corrected chi connectivity index (χ3v) is 4.82. The van der Waals surface area contributed by atoms with E-state index in [9.17, 15) is 4.79 Å². The Hall–Kier alpha value is -3.13. The molecular weight excluding hydrogens is 428 g/mol. The van der Waals surface area contributed by atoms with Crippen LogP contribution in [0.15, 0.2) is 58.2 Å². The van der Waals surface area contributed by atoms with Crippen molar-refractivity contribution in [2.24, 2.45) is 0 Å². The Morgan fingerprint density at radius 1 is 1.03 bits per heavy atom. The molecule has 7 nitrogen and oxygen atoms in total. The van der Waals surface area contributed by atoms with Gasteiger partial charge in [0.2, 0.25) is 0 Å². The SMILES string of the molecule is COc1ccc(-c2nc(SC)oc2-c2ccc(OCCNC(=O)OC(C)(C)C)cc2)cc1. The summed E-state index contributed by atoms with van der Waals surface area (Å²) in [7, 11) is 1.64. The average Bonchev–Trinajstić information content (AvgIpc) is 3.20. The van der Waals surface area contributed by atoms with Crippen LogP contribution in [0.25, 0.3) is 22.6 Å². The summed E-state index contributed by atoms with van der Waals surface area (Å²) in [6.07, 6.45) is 1.47. The van der Waals surface area contributed by atoms with Crippen molar-refractivity contribution in [1.29, 1.82) is 0 Å². The number of nitrogens with one attached hydrogen (secondary N) is 1. The topological polar surface area (TPSA) is 82.8 Å². The highest BCUT2D eigenvalue weighted by molar-refractivity contribution is 7.98. The molecule has 0 saturated heterocycles. The van der Waals surface area contributed by atoms with Crippen LogP contribution in [0, 0.1) is 0 Å². The number of hydrogen-bond donors (Lipinski definition) is 1. The van der Waals surface area contributed by atoms with E-state index in [4.69, 9.17) is 18.6 Å². The molecule has 0 atom stereocenters. The van der Waals surface area contributed by atoms with Gasteiger partial charge < -0.3 is 23.9 Å². The number of carbonyl (C=O) groups is 1. The number of benzene rings is 2. The summed E-state index contributed by atoms with van der Waals surface area (Å²) in [5.74, 6) is 2.17. The van der Waals surface area contributed by atoms with Crippen LogP contribution in [0.2, 0.25) is 0 Å². The molecule has 32 heavy (non-hydrogen) atoms. The first-order valence-electron chi connectivity index (χ1n) is 10.2. The number of nitrogens with zero attached hydrogens (tertiary/aromatic N) is 1. The highest BCUT2D eigenvalue weighted by Crippen LogP contribution is 2.36. The molecule has 1 amide bonds. The maximum absolute atomic E-state index is 11.7. The van der Waals surface area contributed by atoms with Gasteiger partial charge in [0.25, 0.3) is 5.22 Å². The molecule has 2 aromatic carbocycles. The normalized spacial score (nSPS) is 11.2. The lowest BCUT2D eigenvalue weighted by Gasteiger charge is -2.19. The molecule has 170 valence electrons. The van der Waals surface area contributed by atoms with E-state index < -0.39 is 11.7 Å². The Kier molecular flexibility index (Phi) is 7.69. The molecule has 0 fully saturated rings. The average molecular weight is 457 g/mol. The van der Waals surface area contributed by atoms with Crippen molar-refractivity contribution in [2.45, 2.75) is 31.6 Å². The molecule has 0 saturated carbocycles. The second-order valence-electron chi connectivity index (χ2n) is 7.89. The Labute approximate surface area is 192 Å². The summed E-state index contributed by atoms with van der Waals surface area (Å²) >= 11 is 1.45. The summed E-state index contributed by atoms with van der Waals surface area (Å²) in [6, 6.07) is 15.3. The minimum atomic E-state index is -0.525. The van der Waals surface area contributed by atoms with E-state index >= 15 is 0 Å². The summed E-state index contributed by atoms with van der Waals surface area (Å²) in [5, 5.41) is 3.27. The molecule has 0 spiro atoms. The molecule has 0 aliphatic carbocycles. The van der Waals surface area contributed by atoms with Crippen LogP contribution in [0.5, 0.6) is 11.5 Å². The van der Waals surface area contributed by atoms with Gasteiger partial charge in [-0.1, -0.05) is 11.8 Å². The van der Waals surface area contributed by atoms with Gasteiger partial charge in [0, 0.05) is 11.1 Å². The van der Waals surface area contributed by atoms with E-state index in [0.717, 1.165) is 22.6 Å². The number of amides is 1. The number of thioether (sulfide) groups is 1. The Bertz CT molecular complexity index is 1020.